The molecule has 0 bridgehead atoms. The Bertz CT molecular complexity index is 269. The lowest BCUT2D eigenvalue weighted by Crippen LogP contribution is -2.11. The molecule has 0 radical (unpaired) electrons. The van der Waals surface area contributed by atoms with Gasteiger partial charge in [0.1, 0.15) is 0 Å². The van der Waals surface area contributed by atoms with Gasteiger partial charge in [0.25, 0.3) is 0 Å². The van der Waals surface area contributed by atoms with E-state index in [9.17, 15) is 4.79 Å². The zero-order chi connectivity index (χ0) is 8.97. The number of amides is 1. The molecule has 1 aromatic rings. The van der Waals surface area contributed by atoms with Crippen molar-refractivity contribution in [3.63, 3.8) is 0 Å². The van der Waals surface area contributed by atoms with Crippen LogP contribution in [-0.4, -0.2) is 11.1 Å². The van der Waals surface area contributed by atoms with Crippen molar-refractivity contribution in [2.45, 2.75) is 19.4 Å². The standard InChI is InChI=1S/C7H11N3O2/c8-4-6-3-5(10-12-6)1-2-7(9)11/h3H,1-2,4,8H2,(H2,9,11). The molecule has 0 saturated heterocycles. The van der Waals surface area contributed by atoms with Gasteiger partial charge in [-0.05, 0) is 0 Å². The fourth-order valence-electron chi connectivity index (χ4n) is 0.821. The fourth-order valence-corrected chi connectivity index (χ4v) is 0.821. The molecule has 0 saturated carbocycles. The highest BCUT2D eigenvalue weighted by Gasteiger charge is 2.03. The van der Waals surface area contributed by atoms with Gasteiger partial charge in [0.2, 0.25) is 5.91 Å². The largest absolute Gasteiger partial charge is 0.370 e. The lowest BCUT2D eigenvalue weighted by atomic mass is 10.2. The smallest absolute Gasteiger partial charge is 0.217 e. The molecule has 0 spiro atoms. The lowest BCUT2D eigenvalue weighted by molar-refractivity contribution is -0.118. The molecule has 4 N–H and O–H groups in total. The first-order valence-corrected chi connectivity index (χ1v) is 3.65. The van der Waals surface area contributed by atoms with Gasteiger partial charge in [-0.2, -0.15) is 0 Å². The number of hydrogen-bond donors (Lipinski definition) is 2. The van der Waals surface area contributed by atoms with Crippen LogP contribution in [0.15, 0.2) is 10.6 Å². The number of nitrogens with zero attached hydrogens (tertiary/aromatic N) is 1. The van der Waals surface area contributed by atoms with Crippen LogP contribution in [0.25, 0.3) is 0 Å². The maximum Gasteiger partial charge on any atom is 0.217 e. The second-order valence-electron chi connectivity index (χ2n) is 2.45. The second kappa shape index (κ2) is 3.87. The molecule has 0 aliphatic carbocycles. The zero-order valence-electron chi connectivity index (χ0n) is 6.62. The Morgan fingerprint density at radius 3 is 2.92 bits per heavy atom. The summed E-state index contributed by atoms with van der Waals surface area (Å²) >= 11 is 0. The molecule has 0 fully saturated rings. The molecule has 0 aromatic carbocycles. The lowest BCUT2D eigenvalue weighted by Gasteiger charge is -1.88. The molecule has 1 amide bonds. The van der Waals surface area contributed by atoms with Crippen molar-refractivity contribution >= 4 is 5.91 Å². The van der Waals surface area contributed by atoms with E-state index >= 15 is 0 Å². The van der Waals surface area contributed by atoms with Crippen molar-refractivity contribution in [2.24, 2.45) is 11.5 Å². The third-order valence-corrected chi connectivity index (χ3v) is 1.44. The Kier molecular flexibility index (Phi) is 2.82. The predicted octanol–water partition coefficient (Wildman–Crippen LogP) is -0.449. The number of primary amides is 1. The Morgan fingerprint density at radius 2 is 2.42 bits per heavy atom. The summed E-state index contributed by atoms with van der Waals surface area (Å²) in [6, 6.07) is 1.73. The van der Waals surface area contributed by atoms with Crippen LogP contribution < -0.4 is 11.5 Å². The summed E-state index contributed by atoms with van der Waals surface area (Å²) in [5, 5.41) is 3.70. The van der Waals surface area contributed by atoms with Gasteiger partial charge in [-0.1, -0.05) is 5.16 Å². The van der Waals surface area contributed by atoms with Crippen LogP contribution in [0.2, 0.25) is 0 Å². The van der Waals surface area contributed by atoms with Gasteiger partial charge in [0, 0.05) is 18.9 Å². The molecule has 1 aromatic heterocycles. The van der Waals surface area contributed by atoms with E-state index in [-0.39, 0.29) is 12.3 Å². The Morgan fingerprint density at radius 1 is 1.67 bits per heavy atom. The molecular formula is C7H11N3O2. The SMILES string of the molecule is NCc1cc(CCC(N)=O)no1. The summed E-state index contributed by atoms with van der Waals surface area (Å²) in [5.74, 6) is 0.279. The average molecular weight is 169 g/mol. The summed E-state index contributed by atoms with van der Waals surface area (Å²) in [6.07, 6.45) is 0.801. The minimum absolute atomic E-state index is 0.288. The molecular weight excluding hydrogens is 158 g/mol. The maximum atomic E-state index is 10.4. The van der Waals surface area contributed by atoms with E-state index in [2.05, 4.69) is 5.16 Å². The van der Waals surface area contributed by atoms with Gasteiger partial charge in [-0.3, -0.25) is 4.79 Å². The first-order chi connectivity index (χ1) is 5.72. The molecule has 12 heavy (non-hydrogen) atoms. The topological polar surface area (TPSA) is 95.1 Å². The Balaban J connectivity index is 2.47. The van der Waals surface area contributed by atoms with Gasteiger partial charge in [-0.15, -0.1) is 0 Å². The number of rotatable bonds is 4. The fraction of sp³-hybridized carbons (Fsp3) is 0.429. The van der Waals surface area contributed by atoms with E-state index in [0.29, 0.717) is 24.4 Å². The van der Waals surface area contributed by atoms with E-state index < -0.39 is 0 Å². The Hall–Kier alpha value is -1.36. The number of nitrogens with two attached hydrogens (primary N) is 2. The average Bonchev–Trinajstić information content (AvgIpc) is 2.48. The first-order valence-electron chi connectivity index (χ1n) is 3.65. The molecule has 0 unspecified atom stereocenters. The molecule has 66 valence electrons. The van der Waals surface area contributed by atoms with E-state index in [0.717, 1.165) is 0 Å². The summed E-state index contributed by atoms with van der Waals surface area (Å²) in [5.41, 5.74) is 11.0. The molecule has 0 atom stereocenters. The molecule has 0 aliphatic rings. The summed E-state index contributed by atoms with van der Waals surface area (Å²) in [4.78, 5) is 10.4. The van der Waals surface area contributed by atoms with Crippen molar-refractivity contribution in [3.05, 3.63) is 17.5 Å². The first kappa shape index (κ1) is 8.73. The van der Waals surface area contributed by atoms with E-state index in [1.807, 2.05) is 0 Å². The van der Waals surface area contributed by atoms with E-state index in [1.165, 1.54) is 0 Å². The molecule has 5 nitrogen and oxygen atoms in total. The van der Waals surface area contributed by atoms with Crippen molar-refractivity contribution < 1.29 is 9.32 Å². The van der Waals surface area contributed by atoms with Gasteiger partial charge in [0.15, 0.2) is 5.76 Å². The number of aryl methyl sites for hydroxylation is 1. The summed E-state index contributed by atoms with van der Waals surface area (Å²) in [7, 11) is 0. The minimum atomic E-state index is -0.340. The molecule has 1 heterocycles. The summed E-state index contributed by atoms with van der Waals surface area (Å²) < 4.78 is 4.82. The van der Waals surface area contributed by atoms with Crippen molar-refractivity contribution in [1.82, 2.24) is 5.16 Å². The summed E-state index contributed by atoms with van der Waals surface area (Å²) in [6.45, 7) is 0.323. The normalized spacial score (nSPS) is 10.1. The van der Waals surface area contributed by atoms with E-state index in [4.69, 9.17) is 16.0 Å². The monoisotopic (exact) mass is 169 g/mol. The quantitative estimate of drug-likeness (QED) is 0.638. The highest BCUT2D eigenvalue weighted by atomic mass is 16.5. The van der Waals surface area contributed by atoms with Crippen LogP contribution >= 0.6 is 0 Å². The van der Waals surface area contributed by atoms with Gasteiger partial charge < -0.3 is 16.0 Å². The van der Waals surface area contributed by atoms with Crippen LogP contribution in [0.1, 0.15) is 17.9 Å². The maximum absolute atomic E-state index is 10.4. The van der Waals surface area contributed by atoms with Crippen LogP contribution in [0, 0.1) is 0 Å². The van der Waals surface area contributed by atoms with Gasteiger partial charge in [-0.25, -0.2) is 0 Å². The van der Waals surface area contributed by atoms with Gasteiger partial charge >= 0.3 is 0 Å². The van der Waals surface area contributed by atoms with Gasteiger partial charge in [0.05, 0.1) is 12.2 Å². The Labute approximate surface area is 69.7 Å². The number of carbonyl (C=O) groups excluding carboxylic acids is 1. The highest BCUT2D eigenvalue weighted by molar-refractivity contribution is 5.73. The second-order valence-corrected chi connectivity index (χ2v) is 2.45. The third kappa shape index (κ3) is 2.35. The molecule has 0 aliphatic heterocycles. The number of carbonyl (C=O) groups is 1. The van der Waals surface area contributed by atoms with Crippen LogP contribution in [0.4, 0.5) is 0 Å². The predicted molar refractivity (Wildman–Crippen MR) is 41.9 cm³/mol. The third-order valence-electron chi connectivity index (χ3n) is 1.44. The molecule has 5 heteroatoms. The highest BCUT2D eigenvalue weighted by Crippen LogP contribution is 2.04. The van der Waals surface area contributed by atoms with Crippen molar-refractivity contribution in [3.8, 4) is 0 Å². The van der Waals surface area contributed by atoms with Crippen LogP contribution in [0.5, 0.6) is 0 Å². The van der Waals surface area contributed by atoms with E-state index in [1.54, 1.807) is 6.07 Å². The minimum Gasteiger partial charge on any atom is -0.370 e. The van der Waals surface area contributed by atoms with Crippen LogP contribution in [0.3, 0.4) is 0 Å². The van der Waals surface area contributed by atoms with Crippen LogP contribution in [-0.2, 0) is 17.8 Å². The zero-order valence-corrected chi connectivity index (χ0v) is 6.62. The van der Waals surface area contributed by atoms with Crippen molar-refractivity contribution in [1.29, 1.82) is 0 Å². The van der Waals surface area contributed by atoms with Crippen molar-refractivity contribution in [2.75, 3.05) is 0 Å². The molecule has 1 rings (SSSR count). The number of aromatic nitrogens is 1. The number of hydrogen-bond acceptors (Lipinski definition) is 4.